The second-order valence-corrected chi connectivity index (χ2v) is 4.93. The van der Waals surface area contributed by atoms with Crippen molar-refractivity contribution in [2.24, 2.45) is 5.92 Å². The van der Waals surface area contributed by atoms with E-state index in [2.05, 4.69) is 26.2 Å². The van der Waals surface area contributed by atoms with Crippen molar-refractivity contribution in [3.8, 4) is 0 Å². The molecule has 0 radical (unpaired) electrons. The van der Waals surface area contributed by atoms with E-state index in [1.54, 1.807) is 12.1 Å². The highest BCUT2D eigenvalue weighted by Gasteiger charge is 2.09. The standard InChI is InChI=1S/C12H15BrN2O3/c1-8(2-5-11(16)17)6-15-12(18)9-3-4-10(13)14-7-9/h3-4,7-8H,2,5-6H2,1H3,(H,15,18)(H,16,17). The van der Waals surface area contributed by atoms with Crippen LogP contribution < -0.4 is 5.32 Å². The minimum atomic E-state index is -0.815. The number of rotatable bonds is 6. The van der Waals surface area contributed by atoms with Gasteiger partial charge in [-0.3, -0.25) is 9.59 Å². The lowest BCUT2D eigenvalue weighted by Gasteiger charge is -2.11. The van der Waals surface area contributed by atoms with Crippen molar-refractivity contribution in [1.29, 1.82) is 0 Å². The number of carbonyl (C=O) groups is 2. The highest BCUT2D eigenvalue weighted by atomic mass is 79.9. The topological polar surface area (TPSA) is 79.3 Å². The Kier molecular flexibility index (Phi) is 5.77. The summed E-state index contributed by atoms with van der Waals surface area (Å²) in [7, 11) is 0. The summed E-state index contributed by atoms with van der Waals surface area (Å²) in [5.74, 6) is -0.879. The summed E-state index contributed by atoms with van der Waals surface area (Å²) in [5, 5.41) is 11.3. The van der Waals surface area contributed by atoms with Gasteiger partial charge in [0.1, 0.15) is 4.60 Å². The fraction of sp³-hybridized carbons (Fsp3) is 0.417. The van der Waals surface area contributed by atoms with Crippen LogP contribution in [0.1, 0.15) is 30.1 Å². The van der Waals surface area contributed by atoms with E-state index in [-0.39, 0.29) is 18.2 Å². The second-order valence-electron chi connectivity index (χ2n) is 4.12. The van der Waals surface area contributed by atoms with Gasteiger partial charge in [0.25, 0.3) is 5.91 Å². The van der Waals surface area contributed by atoms with Crippen LogP contribution in [0.15, 0.2) is 22.9 Å². The molecular weight excluding hydrogens is 300 g/mol. The molecule has 0 aromatic carbocycles. The second kappa shape index (κ2) is 7.10. The molecule has 0 aliphatic carbocycles. The number of pyridine rings is 1. The minimum absolute atomic E-state index is 0.122. The smallest absolute Gasteiger partial charge is 0.303 e. The van der Waals surface area contributed by atoms with E-state index >= 15 is 0 Å². The molecule has 0 bridgehead atoms. The highest BCUT2D eigenvalue weighted by Crippen LogP contribution is 2.07. The van der Waals surface area contributed by atoms with Gasteiger partial charge >= 0.3 is 5.97 Å². The van der Waals surface area contributed by atoms with Gasteiger partial charge in [-0.05, 0) is 40.4 Å². The van der Waals surface area contributed by atoms with Crippen LogP contribution in [-0.2, 0) is 4.79 Å². The Morgan fingerprint density at radius 2 is 2.22 bits per heavy atom. The first-order valence-corrected chi connectivity index (χ1v) is 6.40. The van der Waals surface area contributed by atoms with E-state index in [1.807, 2.05) is 6.92 Å². The van der Waals surface area contributed by atoms with E-state index in [0.717, 1.165) is 0 Å². The van der Waals surface area contributed by atoms with Crippen molar-refractivity contribution in [2.45, 2.75) is 19.8 Å². The number of nitrogens with one attached hydrogen (secondary N) is 1. The van der Waals surface area contributed by atoms with E-state index in [9.17, 15) is 9.59 Å². The molecule has 1 atom stereocenters. The van der Waals surface area contributed by atoms with Crippen LogP contribution in [-0.4, -0.2) is 28.5 Å². The number of halogens is 1. The number of hydrogen-bond donors (Lipinski definition) is 2. The van der Waals surface area contributed by atoms with Gasteiger partial charge in [-0.25, -0.2) is 4.98 Å². The SMILES string of the molecule is CC(CCC(=O)O)CNC(=O)c1ccc(Br)nc1. The molecule has 1 amide bonds. The molecule has 2 N–H and O–H groups in total. The predicted molar refractivity (Wildman–Crippen MR) is 70.3 cm³/mol. The molecule has 98 valence electrons. The molecular formula is C12H15BrN2O3. The van der Waals surface area contributed by atoms with Crippen molar-refractivity contribution in [3.05, 3.63) is 28.5 Å². The first-order valence-electron chi connectivity index (χ1n) is 5.60. The number of amides is 1. The summed E-state index contributed by atoms with van der Waals surface area (Å²) in [6.07, 6.45) is 2.16. The van der Waals surface area contributed by atoms with Crippen molar-refractivity contribution in [2.75, 3.05) is 6.54 Å². The van der Waals surface area contributed by atoms with Crippen LogP contribution in [0.25, 0.3) is 0 Å². The minimum Gasteiger partial charge on any atom is -0.481 e. The number of carboxylic acids is 1. The molecule has 0 fully saturated rings. The maximum absolute atomic E-state index is 11.7. The third-order valence-electron chi connectivity index (χ3n) is 2.45. The molecule has 6 heteroatoms. The lowest BCUT2D eigenvalue weighted by Crippen LogP contribution is -2.28. The summed E-state index contributed by atoms with van der Waals surface area (Å²) in [6, 6.07) is 3.37. The largest absolute Gasteiger partial charge is 0.481 e. The summed E-state index contributed by atoms with van der Waals surface area (Å²) in [5.41, 5.74) is 0.489. The zero-order valence-electron chi connectivity index (χ0n) is 10.0. The quantitative estimate of drug-likeness (QED) is 0.788. The Morgan fingerprint density at radius 3 is 2.78 bits per heavy atom. The van der Waals surface area contributed by atoms with E-state index in [4.69, 9.17) is 5.11 Å². The molecule has 1 rings (SSSR count). The lowest BCUT2D eigenvalue weighted by atomic mass is 10.1. The maximum Gasteiger partial charge on any atom is 0.303 e. The molecule has 0 spiro atoms. The average Bonchev–Trinajstić information content (AvgIpc) is 2.34. The van der Waals surface area contributed by atoms with Gasteiger partial charge in [-0.15, -0.1) is 0 Å². The molecule has 1 heterocycles. The first kappa shape index (κ1) is 14.6. The third-order valence-corrected chi connectivity index (χ3v) is 2.92. The lowest BCUT2D eigenvalue weighted by molar-refractivity contribution is -0.137. The van der Waals surface area contributed by atoms with Gasteiger partial charge < -0.3 is 10.4 Å². The fourth-order valence-electron chi connectivity index (χ4n) is 1.35. The summed E-state index contributed by atoms with van der Waals surface area (Å²) in [6.45, 7) is 2.37. The van der Waals surface area contributed by atoms with Crippen LogP contribution in [0.4, 0.5) is 0 Å². The number of carboxylic acid groups (broad SMARTS) is 1. The van der Waals surface area contributed by atoms with Crippen molar-refractivity contribution in [3.63, 3.8) is 0 Å². The van der Waals surface area contributed by atoms with Gasteiger partial charge in [-0.1, -0.05) is 6.92 Å². The van der Waals surface area contributed by atoms with Crippen LogP contribution in [0.2, 0.25) is 0 Å². The summed E-state index contributed by atoms with van der Waals surface area (Å²) < 4.78 is 0.675. The molecule has 1 unspecified atom stereocenters. The summed E-state index contributed by atoms with van der Waals surface area (Å²) in [4.78, 5) is 26.1. The van der Waals surface area contributed by atoms with E-state index in [1.165, 1.54) is 6.20 Å². The van der Waals surface area contributed by atoms with Crippen LogP contribution >= 0.6 is 15.9 Å². The Bertz CT molecular complexity index is 420. The molecule has 0 saturated heterocycles. The maximum atomic E-state index is 11.7. The van der Waals surface area contributed by atoms with Crippen molar-refractivity contribution in [1.82, 2.24) is 10.3 Å². The number of carbonyl (C=O) groups excluding carboxylic acids is 1. The molecule has 1 aromatic rings. The van der Waals surface area contributed by atoms with Crippen LogP contribution in [0.5, 0.6) is 0 Å². The van der Waals surface area contributed by atoms with Crippen molar-refractivity contribution >= 4 is 27.8 Å². The average molecular weight is 315 g/mol. The fourth-order valence-corrected chi connectivity index (χ4v) is 1.59. The summed E-state index contributed by atoms with van der Waals surface area (Å²) >= 11 is 3.19. The zero-order valence-corrected chi connectivity index (χ0v) is 11.6. The van der Waals surface area contributed by atoms with Crippen molar-refractivity contribution < 1.29 is 14.7 Å². The van der Waals surface area contributed by atoms with Crippen LogP contribution in [0.3, 0.4) is 0 Å². The Labute approximate surface area is 114 Å². The highest BCUT2D eigenvalue weighted by molar-refractivity contribution is 9.10. The van der Waals surface area contributed by atoms with Gasteiger partial charge in [0.2, 0.25) is 0 Å². The van der Waals surface area contributed by atoms with Gasteiger partial charge in [0, 0.05) is 19.2 Å². The van der Waals surface area contributed by atoms with Gasteiger partial charge in [0.05, 0.1) is 5.56 Å². The molecule has 0 aliphatic rings. The van der Waals surface area contributed by atoms with Gasteiger partial charge in [-0.2, -0.15) is 0 Å². The van der Waals surface area contributed by atoms with E-state index in [0.29, 0.717) is 23.1 Å². The third kappa shape index (κ3) is 5.27. The van der Waals surface area contributed by atoms with Crippen LogP contribution in [0, 0.1) is 5.92 Å². The number of aliphatic carboxylic acids is 1. The molecule has 5 nitrogen and oxygen atoms in total. The predicted octanol–water partition coefficient (Wildman–Crippen LogP) is 2.07. The Morgan fingerprint density at radius 1 is 1.50 bits per heavy atom. The van der Waals surface area contributed by atoms with E-state index < -0.39 is 5.97 Å². The molecule has 0 saturated carbocycles. The molecule has 1 aromatic heterocycles. The first-order chi connectivity index (χ1) is 8.49. The normalized spacial score (nSPS) is 11.9. The Balaban J connectivity index is 2.36. The number of nitrogens with zero attached hydrogens (tertiary/aromatic N) is 1. The monoisotopic (exact) mass is 314 g/mol. The number of hydrogen-bond acceptors (Lipinski definition) is 3. The molecule has 0 aliphatic heterocycles. The van der Waals surface area contributed by atoms with Gasteiger partial charge in [0.15, 0.2) is 0 Å². The Hall–Kier alpha value is -1.43. The molecule has 18 heavy (non-hydrogen) atoms. The zero-order chi connectivity index (χ0) is 13.5. The number of aromatic nitrogens is 1.